The SMILES string of the molecule is CCCCCCC(COCC(CCCCCC)c1ccccc1C)c1ccccc1C. The highest BCUT2D eigenvalue weighted by atomic mass is 16.5. The maximum atomic E-state index is 6.49. The summed E-state index contributed by atoms with van der Waals surface area (Å²) >= 11 is 0. The normalized spacial score (nSPS) is 13.3. The van der Waals surface area contributed by atoms with E-state index in [9.17, 15) is 0 Å². The molecule has 0 radical (unpaired) electrons. The predicted molar refractivity (Wildman–Crippen MR) is 136 cm³/mol. The highest BCUT2D eigenvalue weighted by molar-refractivity contribution is 5.30. The molecule has 0 heterocycles. The molecule has 0 N–H and O–H groups in total. The number of hydrogen-bond acceptors (Lipinski definition) is 1. The van der Waals surface area contributed by atoms with E-state index in [1.165, 1.54) is 86.5 Å². The van der Waals surface area contributed by atoms with E-state index in [0.717, 1.165) is 13.2 Å². The fourth-order valence-electron chi connectivity index (χ4n) is 4.73. The Balaban J connectivity index is 2.00. The van der Waals surface area contributed by atoms with Gasteiger partial charge in [-0.15, -0.1) is 0 Å². The standard InChI is InChI=1S/C30H46O/c1-5-7-9-11-19-27(29-21-15-13-17-25(29)3)23-31-24-28(20-12-10-8-6-2)30-22-16-14-18-26(30)4/h13-18,21-22,27-28H,5-12,19-20,23-24H2,1-4H3. The lowest BCUT2D eigenvalue weighted by molar-refractivity contribution is 0.101. The Hall–Kier alpha value is -1.60. The van der Waals surface area contributed by atoms with Gasteiger partial charge in [-0.3, -0.25) is 0 Å². The molecule has 31 heavy (non-hydrogen) atoms. The first-order valence-electron chi connectivity index (χ1n) is 12.9. The molecule has 2 aromatic carbocycles. The maximum absolute atomic E-state index is 6.49. The molecule has 2 rings (SSSR count). The van der Waals surface area contributed by atoms with Crippen molar-refractivity contribution in [3.05, 3.63) is 70.8 Å². The van der Waals surface area contributed by atoms with E-state index < -0.39 is 0 Å². The van der Waals surface area contributed by atoms with E-state index in [1.807, 2.05) is 0 Å². The molecule has 0 aliphatic rings. The molecule has 2 aromatic rings. The third kappa shape index (κ3) is 9.19. The van der Waals surface area contributed by atoms with Crippen molar-refractivity contribution in [1.82, 2.24) is 0 Å². The molecule has 0 spiro atoms. The van der Waals surface area contributed by atoms with Crippen LogP contribution in [0.3, 0.4) is 0 Å². The van der Waals surface area contributed by atoms with Gasteiger partial charge in [0.15, 0.2) is 0 Å². The molecule has 0 aliphatic heterocycles. The molecule has 0 aliphatic carbocycles. The van der Waals surface area contributed by atoms with Crippen LogP contribution >= 0.6 is 0 Å². The van der Waals surface area contributed by atoms with E-state index in [4.69, 9.17) is 4.74 Å². The Bertz CT molecular complexity index is 658. The number of unbranched alkanes of at least 4 members (excludes halogenated alkanes) is 6. The van der Waals surface area contributed by atoms with Crippen molar-refractivity contribution in [1.29, 1.82) is 0 Å². The van der Waals surface area contributed by atoms with Gasteiger partial charge in [0.25, 0.3) is 0 Å². The van der Waals surface area contributed by atoms with E-state index in [-0.39, 0.29) is 0 Å². The molecule has 2 atom stereocenters. The van der Waals surface area contributed by atoms with Gasteiger partial charge in [-0.05, 0) is 48.9 Å². The molecular formula is C30H46O. The highest BCUT2D eigenvalue weighted by Gasteiger charge is 2.17. The zero-order chi connectivity index (χ0) is 22.3. The van der Waals surface area contributed by atoms with Gasteiger partial charge in [0.1, 0.15) is 0 Å². The Morgan fingerprint density at radius 2 is 1.00 bits per heavy atom. The molecule has 0 amide bonds. The van der Waals surface area contributed by atoms with Gasteiger partial charge in [-0.25, -0.2) is 0 Å². The number of hydrogen-bond donors (Lipinski definition) is 0. The summed E-state index contributed by atoms with van der Waals surface area (Å²) in [6.45, 7) is 10.8. The minimum absolute atomic E-state index is 0.510. The second kappa shape index (κ2) is 15.2. The molecule has 172 valence electrons. The van der Waals surface area contributed by atoms with Crippen LogP contribution in [0.15, 0.2) is 48.5 Å². The van der Waals surface area contributed by atoms with Crippen molar-refractivity contribution in [2.45, 2.75) is 104 Å². The minimum Gasteiger partial charge on any atom is -0.380 e. The summed E-state index contributed by atoms with van der Waals surface area (Å²) < 4.78 is 6.49. The lowest BCUT2D eigenvalue weighted by Gasteiger charge is -2.23. The maximum Gasteiger partial charge on any atom is 0.0535 e. The van der Waals surface area contributed by atoms with Gasteiger partial charge in [-0.2, -0.15) is 0 Å². The van der Waals surface area contributed by atoms with Gasteiger partial charge in [0, 0.05) is 11.8 Å². The van der Waals surface area contributed by atoms with Crippen molar-refractivity contribution in [2.75, 3.05) is 13.2 Å². The lowest BCUT2D eigenvalue weighted by atomic mass is 9.89. The number of benzene rings is 2. The topological polar surface area (TPSA) is 9.23 Å². The number of ether oxygens (including phenoxy) is 1. The molecule has 2 unspecified atom stereocenters. The van der Waals surface area contributed by atoms with Crippen LogP contribution in [0.2, 0.25) is 0 Å². The summed E-state index contributed by atoms with van der Waals surface area (Å²) in [6.07, 6.45) is 13.0. The van der Waals surface area contributed by atoms with E-state index in [2.05, 4.69) is 76.2 Å². The monoisotopic (exact) mass is 422 g/mol. The smallest absolute Gasteiger partial charge is 0.0535 e. The largest absolute Gasteiger partial charge is 0.380 e. The van der Waals surface area contributed by atoms with Gasteiger partial charge < -0.3 is 4.74 Å². The fourth-order valence-corrected chi connectivity index (χ4v) is 4.73. The molecule has 0 saturated carbocycles. The first-order valence-corrected chi connectivity index (χ1v) is 12.9. The van der Waals surface area contributed by atoms with Crippen molar-refractivity contribution >= 4 is 0 Å². The van der Waals surface area contributed by atoms with E-state index in [1.54, 1.807) is 0 Å². The molecule has 0 saturated heterocycles. The zero-order valence-electron chi connectivity index (χ0n) is 20.7. The second-order valence-electron chi connectivity index (χ2n) is 9.34. The Morgan fingerprint density at radius 3 is 1.39 bits per heavy atom. The molecule has 1 nitrogen and oxygen atoms in total. The van der Waals surface area contributed by atoms with Crippen LogP contribution in [0.1, 0.15) is 112 Å². The van der Waals surface area contributed by atoms with Gasteiger partial charge in [0.2, 0.25) is 0 Å². The molecule has 1 heteroatoms. The molecule has 0 aromatic heterocycles. The van der Waals surface area contributed by atoms with Crippen molar-refractivity contribution in [2.24, 2.45) is 0 Å². The predicted octanol–water partition coefficient (Wildman–Crippen LogP) is 9.13. The van der Waals surface area contributed by atoms with Gasteiger partial charge in [-0.1, -0.05) is 114 Å². The van der Waals surface area contributed by atoms with Crippen LogP contribution in [-0.2, 0) is 4.74 Å². The van der Waals surface area contributed by atoms with Crippen molar-refractivity contribution in [3.8, 4) is 0 Å². The van der Waals surface area contributed by atoms with Gasteiger partial charge >= 0.3 is 0 Å². The lowest BCUT2D eigenvalue weighted by Crippen LogP contribution is -2.15. The summed E-state index contributed by atoms with van der Waals surface area (Å²) in [4.78, 5) is 0. The average molecular weight is 423 g/mol. The Labute approximate surface area is 192 Å². The van der Waals surface area contributed by atoms with Crippen molar-refractivity contribution < 1.29 is 4.74 Å². The van der Waals surface area contributed by atoms with E-state index in [0.29, 0.717) is 11.8 Å². The van der Waals surface area contributed by atoms with Crippen LogP contribution in [0.5, 0.6) is 0 Å². The second-order valence-corrected chi connectivity index (χ2v) is 9.34. The van der Waals surface area contributed by atoms with Crippen LogP contribution in [0, 0.1) is 13.8 Å². The quantitative estimate of drug-likeness (QED) is 0.245. The van der Waals surface area contributed by atoms with Crippen LogP contribution in [-0.4, -0.2) is 13.2 Å². The highest BCUT2D eigenvalue weighted by Crippen LogP contribution is 2.29. The van der Waals surface area contributed by atoms with Crippen LogP contribution in [0.4, 0.5) is 0 Å². The average Bonchev–Trinajstić information content (AvgIpc) is 2.78. The molecule has 0 bridgehead atoms. The Kier molecular flexibility index (Phi) is 12.6. The summed E-state index contributed by atoms with van der Waals surface area (Å²) in [6, 6.07) is 17.8. The Morgan fingerprint density at radius 1 is 0.581 bits per heavy atom. The fraction of sp³-hybridized carbons (Fsp3) is 0.600. The molecule has 0 fully saturated rings. The van der Waals surface area contributed by atoms with Crippen LogP contribution < -0.4 is 0 Å². The first kappa shape index (κ1) is 25.7. The number of aryl methyl sites for hydroxylation is 2. The third-order valence-corrected chi connectivity index (χ3v) is 6.71. The molecular weight excluding hydrogens is 376 g/mol. The van der Waals surface area contributed by atoms with Crippen molar-refractivity contribution in [3.63, 3.8) is 0 Å². The number of rotatable bonds is 16. The van der Waals surface area contributed by atoms with Gasteiger partial charge in [0.05, 0.1) is 13.2 Å². The first-order chi connectivity index (χ1) is 15.2. The zero-order valence-corrected chi connectivity index (χ0v) is 20.7. The summed E-state index contributed by atoms with van der Waals surface area (Å²) in [5.74, 6) is 1.02. The summed E-state index contributed by atoms with van der Waals surface area (Å²) in [5.41, 5.74) is 5.77. The summed E-state index contributed by atoms with van der Waals surface area (Å²) in [7, 11) is 0. The van der Waals surface area contributed by atoms with E-state index >= 15 is 0 Å². The third-order valence-electron chi connectivity index (χ3n) is 6.71. The summed E-state index contributed by atoms with van der Waals surface area (Å²) in [5, 5.41) is 0. The van der Waals surface area contributed by atoms with Crippen LogP contribution in [0.25, 0.3) is 0 Å². The minimum atomic E-state index is 0.510.